The lowest BCUT2D eigenvalue weighted by molar-refractivity contribution is -0.117. The Kier molecular flexibility index (Phi) is 5.52. The number of nitrogens with zero attached hydrogens (tertiary/aromatic N) is 2. The number of carbonyl (C=O) groups excluding carboxylic acids is 1. The molecule has 1 aliphatic rings. The van der Waals surface area contributed by atoms with E-state index < -0.39 is 11.6 Å². The zero-order chi connectivity index (χ0) is 18.7. The van der Waals surface area contributed by atoms with Gasteiger partial charge in [0.2, 0.25) is 5.91 Å². The van der Waals surface area contributed by atoms with Gasteiger partial charge in [0.25, 0.3) is 0 Å². The highest BCUT2D eigenvalue weighted by Crippen LogP contribution is 2.23. The molecule has 0 spiro atoms. The molecule has 2 aromatic rings. The zero-order valence-electron chi connectivity index (χ0n) is 15.1. The van der Waals surface area contributed by atoms with Crippen LogP contribution in [0, 0.1) is 25.5 Å². The number of anilines is 2. The van der Waals surface area contributed by atoms with Gasteiger partial charge in [0.05, 0.1) is 6.54 Å². The maximum Gasteiger partial charge on any atom is 0.238 e. The van der Waals surface area contributed by atoms with Crippen LogP contribution in [-0.2, 0) is 4.79 Å². The average molecular weight is 359 g/mol. The second kappa shape index (κ2) is 7.83. The van der Waals surface area contributed by atoms with E-state index in [0.717, 1.165) is 38.3 Å². The predicted molar refractivity (Wildman–Crippen MR) is 99.6 cm³/mol. The molecule has 0 aromatic heterocycles. The highest BCUT2D eigenvalue weighted by molar-refractivity contribution is 5.92. The van der Waals surface area contributed by atoms with Crippen molar-refractivity contribution in [1.29, 1.82) is 0 Å². The van der Waals surface area contributed by atoms with Crippen molar-refractivity contribution in [2.45, 2.75) is 13.8 Å². The number of benzene rings is 2. The van der Waals surface area contributed by atoms with Crippen molar-refractivity contribution in [3.63, 3.8) is 0 Å². The maximum absolute atomic E-state index is 13.2. The second-order valence-electron chi connectivity index (χ2n) is 6.66. The van der Waals surface area contributed by atoms with Crippen molar-refractivity contribution in [2.24, 2.45) is 0 Å². The summed E-state index contributed by atoms with van der Waals surface area (Å²) in [5, 5.41) is 2.62. The van der Waals surface area contributed by atoms with Crippen LogP contribution in [0.25, 0.3) is 0 Å². The SMILES string of the molecule is Cc1cccc(N2CCN(CC(=O)Nc3ccc(F)c(F)c3)CC2)c1C. The van der Waals surface area contributed by atoms with Crippen molar-refractivity contribution in [3.05, 3.63) is 59.2 Å². The third-order valence-electron chi connectivity index (χ3n) is 4.86. The van der Waals surface area contributed by atoms with Crippen LogP contribution in [0.5, 0.6) is 0 Å². The molecule has 138 valence electrons. The fraction of sp³-hybridized carbons (Fsp3) is 0.350. The summed E-state index contributed by atoms with van der Waals surface area (Å²) in [5.74, 6) is -2.12. The summed E-state index contributed by atoms with van der Waals surface area (Å²) in [7, 11) is 0. The molecule has 4 nitrogen and oxygen atoms in total. The first-order valence-corrected chi connectivity index (χ1v) is 8.72. The fourth-order valence-electron chi connectivity index (χ4n) is 3.20. The summed E-state index contributed by atoms with van der Waals surface area (Å²) in [6.07, 6.45) is 0. The highest BCUT2D eigenvalue weighted by atomic mass is 19.2. The van der Waals surface area contributed by atoms with Gasteiger partial charge in [-0.05, 0) is 43.2 Å². The monoisotopic (exact) mass is 359 g/mol. The predicted octanol–water partition coefficient (Wildman–Crippen LogP) is 3.34. The number of nitrogens with one attached hydrogen (secondary N) is 1. The first-order valence-electron chi connectivity index (χ1n) is 8.72. The molecule has 6 heteroatoms. The molecule has 1 N–H and O–H groups in total. The Morgan fingerprint density at radius 1 is 1.04 bits per heavy atom. The van der Waals surface area contributed by atoms with Gasteiger partial charge in [-0.1, -0.05) is 12.1 Å². The van der Waals surface area contributed by atoms with Crippen molar-refractivity contribution in [2.75, 3.05) is 42.9 Å². The number of rotatable bonds is 4. The Morgan fingerprint density at radius 3 is 2.46 bits per heavy atom. The standard InChI is InChI=1S/C20H23F2N3O/c1-14-4-3-5-19(15(14)2)25-10-8-24(9-11-25)13-20(26)23-16-6-7-17(21)18(22)12-16/h3-7,12H,8-11,13H2,1-2H3,(H,23,26). The largest absolute Gasteiger partial charge is 0.369 e. The van der Waals surface area contributed by atoms with Crippen LogP contribution in [0.1, 0.15) is 11.1 Å². The van der Waals surface area contributed by atoms with Gasteiger partial charge in [0, 0.05) is 43.6 Å². The minimum Gasteiger partial charge on any atom is -0.369 e. The fourth-order valence-corrected chi connectivity index (χ4v) is 3.20. The number of amides is 1. The first-order chi connectivity index (χ1) is 12.4. The van der Waals surface area contributed by atoms with Gasteiger partial charge in [0.15, 0.2) is 11.6 Å². The van der Waals surface area contributed by atoms with E-state index in [9.17, 15) is 13.6 Å². The van der Waals surface area contributed by atoms with E-state index in [1.807, 2.05) is 0 Å². The number of hydrogen-bond acceptors (Lipinski definition) is 3. The number of piperazine rings is 1. The minimum absolute atomic E-state index is 0.226. The summed E-state index contributed by atoms with van der Waals surface area (Å²) in [4.78, 5) is 16.6. The number of hydrogen-bond donors (Lipinski definition) is 1. The molecule has 1 amide bonds. The topological polar surface area (TPSA) is 35.6 Å². The van der Waals surface area contributed by atoms with Crippen LogP contribution < -0.4 is 10.2 Å². The van der Waals surface area contributed by atoms with Gasteiger partial charge in [-0.15, -0.1) is 0 Å². The van der Waals surface area contributed by atoms with Crippen molar-refractivity contribution in [3.8, 4) is 0 Å². The maximum atomic E-state index is 13.2. The lowest BCUT2D eigenvalue weighted by Crippen LogP contribution is -2.48. The van der Waals surface area contributed by atoms with Gasteiger partial charge >= 0.3 is 0 Å². The zero-order valence-corrected chi connectivity index (χ0v) is 15.1. The smallest absolute Gasteiger partial charge is 0.238 e. The highest BCUT2D eigenvalue weighted by Gasteiger charge is 2.20. The normalized spacial score (nSPS) is 15.2. The molecular weight excluding hydrogens is 336 g/mol. The molecule has 26 heavy (non-hydrogen) atoms. The molecule has 0 saturated carbocycles. The molecule has 0 atom stereocenters. The third-order valence-corrected chi connectivity index (χ3v) is 4.86. The second-order valence-corrected chi connectivity index (χ2v) is 6.66. The number of aryl methyl sites for hydroxylation is 1. The molecular formula is C20H23F2N3O. The molecule has 1 heterocycles. The van der Waals surface area contributed by atoms with Crippen LogP contribution in [0.4, 0.5) is 20.2 Å². The molecule has 1 aliphatic heterocycles. The van der Waals surface area contributed by atoms with Crippen LogP contribution in [0.3, 0.4) is 0 Å². The Balaban J connectivity index is 1.52. The van der Waals surface area contributed by atoms with Crippen molar-refractivity contribution >= 4 is 17.3 Å². The molecule has 0 bridgehead atoms. The van der Waals surface area contributed by atoms with Crippen molar-refractivity contribution < 1.29 is 13.6 Å². The average Bonchev–Trinajstić information content (AvgIpc) is 2.61. The van der Waals surface area contributed by atoms with Gasteiger partial charge in [-0.2, -0.15) is 0 Å². The summed E-state index contributed by atoms with van der Waals surface area (Å²) in [5.41, 5.74) is 4.08. The van der Waals surface area contributed by atoms with E-state index in [1.54, 1.807) is 0 Å². The van der Waals surface area contributed by atoms with Crippen molar-refractivity contribution in [1.82, 2.24) is 4.90 Å². The van der Waals surface area contributed by atoms with E-state index in [2.05, 4.69) is 47.2 Å². The van der Waals surface area contributed by atoms with Gasteiger partial charge in [-0.3, -0.25) is 9.69 Å². The van der Waals surface area contributed by atoms with E-state index in [1.165, 1.54) is 22.9 Å². The van der Waals surface area contributed by atoms with E-state index in [0.29, 0.717) is 0 Å². The summed E-state index contributed by atoms with van der Waals surface area (Å²) >= 11 is 0. The lowest BCUT2D eigenvalue weighted by atomic mass is 10.1. The Bertz CT molecular complexity index is 802. The molecule has 1 saturated heterocycles. The first kappa shape index (κ1) is 18.3. The molecule has 3 rings (SSSR count). The van der Waals surface area contributed by atoms with Gasteiger partial charge in [0.1, 0.15) is 0 Å². The molecule has 1 fully saturated rings. The molecule has 0 unspecified atom stereocenters. The van der Waals surface area contributed by atoms with Crippen LogP contribution >= 0.6 is 0 Å². The van der Waals surface area contributed by atoms with Crippen LogP contribution in [0.2, 0.25) is 0 Å². The van der Waals surface area contributed by atoms with E-state index in [-0.39, 0.29) is 18.1 Å². The Labute approximate surface area is 152 Å². The summed E-state index contributed by atoms with van der Waals surface area (Å²) in [6, 6.07) is 9.67. The molecule has 0 aliphatic carbocycles. The number of halogens is 2. The summed E-state index contributed by atoms with van der Waals surface area (Å²) < 4.78 is 26.1. The third kappa shape index (κ3) is 4.19. The van der Waals surface area contributed by atoms with Gasteiger partial charge < -0.3 is 10.2 Å². The Hall–Kier alpha value is -2.47. The lowest BCUT2D eigenvalue weighted by Gasteiger charge is -2.36. The summed E-state index contributed by atoms with van der Waals surface area (Å²) in [6.45, 7) is 7.73. The van der Waals surface area contributed by atoms with E-state index >= 15 is 0 Å². The molecule has 0 radical (unpaired) electrons. The molecule has 2 aromatic carbocycles. The van der Waals surface area contributed by atoms with Gasteiger partial charge in [-0.25, -0.2) is 8.78 Å². The van der Waals surface area contributed by atoms with Crippen LogP contribution in [0.15, 0.2) is 36.4 Å². The van der Waals surface area contributed by atoms with Crippen LogP contribution in [-0.4, -0.2) is 43.5 Å². The Morgan fingerprint density at radius 2 is 1.77 bits per heavy atom. The quantitative estimate of drug-likeness (QED) is 0.909. The minimum atomic E-state index is -0.968. The number of carbonyl (C=O) groups is 1. The van der Waals surface area contributed by atoms with E-state index in [4.69, 9.17) is 0 Å².